The number of furan rings is 1. The predicted octanol–water partition coefficient (Wildman–Crippen LogP) is 13.7. The number of allylic oxidation sites excluding steroid dienone is 1. The zero-order chi connectivity index (χ0) is 34.1. The van der Waals surface area contributed by atoms with Crippen molar-refractivity contribution in [1.29, 1.82) is 0 Å². The van der Waals surface area contributed by atoms with Crippen molar-refractivity contribution in [3.05, 3.63) is 180 Å². The van der Waals surface area contributed by atoms with Crippen LogP contribution in [0, 0.1) is 0 Å². The van der Waals surface area contributed by atoms with E-state index in [-0.39, 0.29) is 5.41 Å². The predicted molar refractivity (Wildman–Crippen MR) is 214 cm³/mol. The summed E-state index contributed by atoms with van der Waals surface area (Å²) in [4.78, 5) is 2.39. The summed E-state index contributed by atoms with van der Waals surface area (Å²) in [5.74, 6) is 1.00. The standard InChI is InChI=1S/C49H37NO/c1-49(2)45-16-7-5-12-41(45)42-29-28-39(31-46(42)49)50(37-24-20-33(21-25-37)36-19-18-32-10-3-4-11-35(32)30-36)38-26-22-34(23-27-38)40-14-9-15-44-43-13-6-8-17-47(43)51-48(40)44/h3-5,7-12,14-31H,6,13H2,1-2H3. The van der Waals surface area contributed by atoms with Crippen LogP contribution in [0.1, 0.15) is 42.7 Å². The van der Waals surface area contributed by atoms with E-state index in [2.05, 4.69) is 183 Å². The van der Waals surface area contributed by atoms with Gasteiger partial charge in [-0.05, 0) is 111 Å². The molecule has 0 spiro atoms. The van der Waals surface area contributed by atoms with E-state index in [0.29, 0.717) is 0 Å². The number of fused-ring (bicyclic) bond motifs is 7. The van der Waals surface area contributed by atoms with Crippen molar-refractivity contribution in [1.82, 2.24) is 0 Å². The first-order chi connectivity index (χ1) is 25.0. The lowest BCUT2D eigenvalue weighted by molar-refractivity contribution is 0.596. The van der Waals surface area contributed by atoms with Gasteiger partial charge in [-0.15, -0.1) is 0 Å². The molecule has 1 heterocycles. The SMILES string of the molecule is CC1(C)c2ccccc2-c2ccc(N(c3ccc(-c4ccc5ccccc5c4)cc3)c3ccc(-c4cccc5c6c(oc45)C=CCC6)cc3)cc21. The maximum Gasteiger partial charge on any atom is 0.142 e. The Morgan fingerprint density at radius 2 is 1.20 bits per heavy atom. The van der Waals surface area contributed by atoms with Gasteiger partial charge in [0, 0.05) is 39.0 Å². The van der Waals surface area contributed by atoms with Crippen LogP contribution in [-0.2, 0) is 11.8 Å². The highest BCUT2D eigenvalue weighted by Gasteiger charge is 2.35. The molecule has 2 heteroatoms. The van der Waals surface area contributed by atoms with E-state index in [0.717, 1.165) is 52.4 Å². The molecule has 0 fully saturated rings. The van der Waals surface area contributed by atoms with E-state index in [1.54, 1.807) is 0 Å². The average molecular weight is 656 g/mol. The molecule has 0 aliphatic heterocycles. The number of aryl methyl sites for hydroxylation is 1. The molecule has 8 aromatic rings. The van der Waals surface area contributed by atoms with E-state index in [9.17, 15) is 0 Å². The van der Waals surface area contributed by atoms with Crippen molar-refractivity contribution in [2.24, 2.45) is 0 Å². The Bertz CT molecular complexity index is 2650. The third-order valence-electron chi connectivity index (χ3n) is 11.1. The third-order valence-corrected chi connectivity index (χ3v) is 11.1. The van der Waals surface area contributed by atoms with E-state index in [1.807, 2.05) is 0 Å². The monoisotopic (exact) mass is 655 g/mol. The highest BCUT2D eigenvalue weighted by molar-refractivity contribution is 5.97. The van der Waals surface area contributed by atoms with Crippen molar-refractivity contribution >= 4 is 44.9 Å². The summed E-state index contributed by atoms with van der Waals surface area (Å²) in [6.07, 6.45) is 6.43. The van der Waals surface area contributed by atoms with E-state index in [4.69, 9.17) is 4.42 Å². The van der Waals surface area contributed by atoms with Gasteiger partial charge in [-0.3, -0.25) is 0 Å². The molecule has 0 saturated heterocycles. The van der Waals surface area contributed by atoms with Crippen LogP contribution >= 0.6 is 0 Å². The number of hydrogen-bond acceptors (Lipinski definition) is 2. The maximum absolute atomic E-state index is 6.46. The molecule has 1 aromatic heterocycles. The highest BCUT2D eigenvalue weighted by atomic mass is 16.3. The molecule has 0 atom stereocenters. The van der Waals surface area contributed by atoms with E-state index in [1.165, 1.54) is 55.1 Å². The van der Waals surface area contributed by atoms with Gasteiger partial charge in [-0.1, -0.05) is 129 Å². The molecule has 2 aliphatic carbocycles. The van der Waals surface area contributed by atoms with Crippen LogP contribution in [0.25, 0.3) is 61.2 Å². The summed E-state index contributed by atoms with van der Waals surface area (Å²) in [5.41, 5.74) is 15.7. The van der Waals surface area contributed by atoms with Gasteiger partial charge in [0.1, 0.15) is 11.3 Å². The van der Waals surface area contributed by atoms with Gasteiger partial charge in [-0.25, -0.2) is 0 Å². The summed E-state index contributed by atoms with van der Waals surface area (Å²) in [6, 6.07) is 55.7. The zero-order valence-corrected chi connectivity index (χ0v) is 28.9. The Morgan fingerprint density at radius 1 is 0.529 bits per heavy atom. The summed E-state index contributed by atoms with van der Waals surface area (Å²) in [5, 5.41) is 3.74. The molecule has 51 heavy (non-hydrogen) atoms. The molecular formula is C49H37NO. The van der Waals surface area contributed by atoms with Crippen LogP contribution in [-0.4, -0.2) is 0 Å². The molecule has 0 amide bonds. The number of nitrogens with zero attached hydrogens (tertiary/aromatic N) is 1. The number of benzene rings is 7. The van der Waals surface area contributed by atoms with Crippen molar-refractivity contribution < 1.29 is 4.42 Å². The topological polar surface area (TPSA) is 16.4 Å². The van der Waals surface area contributed by atoms with Crippen LogP contribution in [0.3, 0.4) is 0 Å². The van der Waals surface area contributed by atoms with Gasteiger partial charge in [0.05, 0.1) is 0 Å². The Hall–Kier alpha value is -6.12. The van der Waals surface area contributed by atoms with Crippen LogP contribution in [0.4, 0.5) is 17.1 Å². The summed E-state index contributed by atoms with van der Waals surface area (Å²) < 4.78 is 6.46. The lowest BCUT2D eigenvalue weighted by atomic mass is 9.82. The second-order valence-electron chi connectivity index (χ2n) is 14.5. The van der Waals surface area contributed by atoms with Crippen LogP contribution in [0.5, 0.6) is 0 Å². The minimum Gasteiger partial charge on any atom is -0.456 e. The van der Waals surface area contributed by atoms with Crippen molar-refractivity contribution in [2.75, 3.05) is 4.90 Å². The van der Waals surface area contributed by atoms with Gasteiger partial charge >= 0.3 is 0 Å². The number of anilines is 3. The molecule has 2 aliphatic rings. The van der Waals surface area contributed by atoms with Crippen molar-refractivity contribution in [2.45, 2.75) is 32.1 Å². The zero-order valence-electron chi connectivity index (χ0n) is 28.9. The molecule has 244 valence electrons. The summed E-state index contributed by atoms with van der Waals surface area (Å²) in [7, 11) is 0. The normalized spacial score (nSPS) is 14.0. The molecule has 0 radical (unpaired) electrons. The third kappa shape index (κ3) is 4.78. The minimum atomic E-state index is -0.0898. The fourth-order valence-electron chi connectivity index (χ4n) is 8.47. The van der Waals surface area contributed by atoms with Gasteiger partial charge in [0.2, 0.25) is 0 Å². The fraction of sp³-hybridized carbons (Fsp3) is 0.102. The average Bonchev–Trinajstić information content (AvgIpc) is 3.67. The first-order valence-corrected chi connectivity index (χ1v) is 18.0. The van der Waals surface area contributed by atoms with Crippen molar-refractivity contribution in [3.8, 4) is 33.4 Å². The summed E-state index contributed by atoms with van der Waals surface area (Å²) >= 11 is 0. The minimum absolute atomic E-state index is 0.0898. The van der Waals surface area contributed by atoms with Gasteiger partial charge in [0.25, 0.3) is 0 Å². The molecule has 0 saturated carbocycles. The molecule has 0 bridgehead atoms. The largest absolute Gasteiger partial charge is 0.456 e. The van der Waals surface area contributed by atoms with Gasteiger partial charge in [0.15, 0.2) is 0 Å². The molecule has 10 rings (SSSR count). The summed E-state index contributed by atoms with van der Waals surface area (Å²) in [6.45, 7) is 4.70. The fourth-order valence-corrected chi connectivity index (χ4v) is 8.47. The van der Waals surface area contributed by atoms with Crippen LogP contribution < -0.4 is 4.90 Å². The molecular weight excluding hydrogens is 619 g/mol. The Labute approximate surface area is 298 Å². The first-order valence-electron chi connectivity index (χ1n) is 18.0. The number of para-hydroxylation sites is 1. The Balaban J connectivity index is 1.08. The molecule has 2 nitrogen and oxygen atoms in total. The molecule has 0 N–H and O–H groups in total. The van der Waals surface area contributed by atoms with Crippen LogP contribution in [0.2, 0.25) is 0 Å². The first kappa shape index (κ1) is 29.8. The van der Waals surface area contributed by atoms with Gasteiger partial charge in [-0.2, -0.15) is 0 Å². The highest BCUT2D eigenvalue weighted by Crippen LogP contribution is 2.51. The smallest absolute Gasteiger partial charge is 0.142 e. The number of hydrogen-bond donors (Lipinski definition) is 0. The quantitative estimate of drug-likeness (QED) is 0.183. The second kappa shape index (κ2) is 11.5. The van der Waals surface area contributed by atoms with E-state index >= 15 is 0 Å². The van der Waals surface area contributed by atoms with Crippen molar-refractivity contribution in [3.63, 3.8) is 0 Å². The number of rotatable bonds is 5. The Morgan fingerprint density at radius 3 is 2.02 bits per heavy atom. The molecule has 7 aromatic carbocycles. The maximum atomic E-state index is 6.46. The second-order valence-corrected chi connectivity index (χ2v) is 14.5. The lowest BCUT2D eigenvalue weighted by Gasteiger charge is -2.28. The van der Waals surface area contributed by atoms with Gasteiger partial charge < -0.3 is 9.32 Å². The van der Waals surface area contributed by atoms with Crippen LogP contribution in [0.15, 0.2) is 162 Å². The Kier molecular flexibility index (Phi) is 6.69. The van der Waals surface area contributed by atoms with E-state index < -0.39 is 0 Å². The molecule has 0 unspecified atom stereocenters. The lowest BCUT2D eigenvalue weighted by Crippen LogP contribution is -2.16.